The molecule has 0 unspecified atom stereocenters. The number of aliphatic imine (C=N–C) groups is 2. The molecule has 0 fully saturated rings. The number of nitrogens with zero attached hydrogens (tertiary/aromatic N) is 2. The van der Waals surface area contributed by atoms with Gasteiger partial charge in [-0.2, -0.15) is 0 Å². The van der Waals surface area contributed by atoms with Crippen molar-refractivity contribution in [3.8, 4) is 0 Å². The second-order valence-electron chi connectivity index (χ2n) is 4.73. The molecular weight excluding hydrogens is 232 g/mol. The highest BCUT2D eigenvalue weighted by Gasteiger charge is 2.19. The minimum absolute atomic E-state index is 0.758. The fraction of sp³-hybridized carbons (Fsp3) is 0.0588. The molecule has 2 heteroatoms. The number of allylic oxidation sites excluding steroid dienone is 6. The van der Waals surface area contributed by atoms with Gasteiger partial charge in [0.25, 0.3) is 0 Å². The van der Waals surface area contributed by atoms with Gasteiger partial charge in [0.1, 0.15) is 0 Å². The molecule has 2 heterocycles. The molecular formula is C17H12N2. The summed E-state index contributed by atoms with van der Waals surface area (Å²) in [7, 11) is 0. The first-order chi connectivity index (χ1) is 9.42. The fourth-order valence-electron chi connectivity index (χ4n) is 2.58. The van der Waals surface area contributed by atoms with E-state index in [9.17, 15) is 0 Å². The van der Waals surface area contributed by atoms with Gasteiger partial charge in [0.2, 0.25) is 0 Å². The fourth-order valence-corrected chi connectivity index (χ4v) is 2.58. The predicted octanol–water partition coefficient (Wildman–Crippen LogP) is 3.66. The third kappa shape index (κ3) is 1.65. The summed E-state index contributed by atoms with van der Waals surface area (Å²) in [5, 5.41) is 0. The van der Waals surface area contributed by atoms with Crippen molar-refractivity contribution in [2.75, 3.05) is 6.54 Å². The average Bonchev–Trinajstić information content (AvgIpc) is 2.78. The first-order valence-corrected chi connectivity index (χ1v) is 6.40. The van der Waals surface area contributed by atoms with Gasteiger partial charge < -0.3 is 0 Å². The van der Waals surface area contributed by atoms with E-state index in [0.717, 1.165) is 17.9 Å². The molecule has 4 rings (SSSR count). The summed E-state index contributed by atoms with van der Waals surface area (Å²) in [5.74, 6) is 0. The van der Waals surface area contributed by atoms with E-state index in [-0.39, 0.29) is 0 Å². The van der Waals surface area contributed by atoms with Crippen LogP contribution < -0.4 is 0 Å². The molecule has 0 amide bonds. The highest BCUT2D eigenvalue weighted by Crippen LogP contribution is 2.36. The molecule has 0 spiro atoms. The van der Waals surface area contributed by atoms with Crippen molar-refractivity contribution in [3.05, 3.63) is 71.4 Å². The summed E-state index contributed by atoms with van der Waals surface area (Å²) in [6, 6.07) is 8.27. The summed E-state index contributed by atoms with van der Waals surface area (Å²) in [4.78, 5) is 8.98. The van der Waals surface area contributed by atoms with Crippen molar-refractivity contribution in [3.63, 3.8) is 0 Å². The summed E-state index contributed by atoms with van der Waals surface area (Å²) < 4.78 is 0. The minimum atomic E-state index is 0.758. The molecule has 2 aliphatic heterocycles. The second kappa shape index (κ2) is 4.02. The van der Waals surface area contributed by atoms with Crippen molar-refractivity contribution >= 4 is 23.2 Å². The van der Waals surface area contributed by atoms with E-state index in [2.05, 4.69) is 52.5 Å². The van der Waals surface area contributed by atoms with Crippen LogP contribution in [0.4, 0.5) is 5.69 Å². The van der Waals surface area contributed by atoms with Gasteiger partial charge >= 0.3 is 0 Å². The number of benzene rings is 1. The minimum Gasteiger partial charge on any atom is -0.288 e. The molecule has 0 saturated carbocycles. The van der Waals surface area contributed by atoms with Gasteiger partial charge in [-0.1, -0.05) is 36.4 Å². The SMILES string of the molecule is C1=NC/C2=C/C=C3\C(=Nc4ccccc43)/C=C\C2=C1. The van der Waals surface area contributed by atoms with Crippen molar-refractivity contribution in [2.45, 2.75) is 0 Å². The number of rotatable bonds is 0. The zero-order chi connectivity index (χ0) is 12.7. The van der Waals surface area contributed by atoms with E-state index >= 15 is 0 Å². The number of hydrogen-bond acceptors (Lipinski definition) is 2. The zero-order valence-corrected chi connectivity index (χ0v) is 10.4. The zero-order valence-electron chi connectivity index (χ0n) is 10.4. The largest absolute Gasteiger partial charge is 0.288 e. The van der Waals surface area contributed by atoms with Crippen LogP contribution in [0.25, 0.3) is 5.57 Å². The van der Waals surface area contributed by atoms with Crippen LogP contribution >= 0.6 is 0 Å². The monoisotopic (exact) mass is 244 g/mol. The van der Waals surface area contributed by atoms with E-state index in [1.807, 2.05) is 18.4 Å². The van der Waals surface area contributed by atoms with E-state index in [4.69, 9.17) is 0 Å². The molecule has 0 saturated heterocycles. The van der Waals surface area contributed by atoms with Gasteiger partial charge in [-0.05, 0) is 29.4 Å². The normalized spacial score (nSPS) is 26.3. The summed E-state index contributed by atoms with van der Waals surface area (Å²) in [5.41, 5.74) is 7.00. The Kier molecular flexibility index (Phi) is 2.21. The lowest BCUT2D eigenvalue weighted by atomic mass is 9.95. The Bertz CT molecular complexity index is 740. The Balaban J connectivity index is 1.90. The first-order valence-electron chi connectivity index (χ1n) is 6.40. The molecule has 1 aliphatic carbocycles. The first kappa shape index (κ1) is 10.4. The summed E-state index contributed by atoms with van der Waals surface area (Å²) >= 11 is 0. The van der Waals surface area contributed by atoms with E-state index < -0.39 is 0 Å². The maximum atomic E-state index is 4.68. The number of para-hydroxylation sites is 1. The van der Waals surface area contributed by atoms with Gasteiger partial charge in [0, 0.05) is 17.4 Å². The maximum absolute atomic E-state index is 4.68. The van der Waals surface area contributed by atoms with Crippen LogP contribution in [-0.2, 0) is 0 Å². The van der Waals surface area contributed by atoms with E-state index in [1.165, 1.54) is 22.3 Å². The summed E-state index contributed by atoms with van der Waals surface area (Å²) in [6.07, 6.45) is 12.5. The molecule has 2 nitrogen and oxygen atoms in total. The quantitative estimate of drug-likeness (QED) is 0.665. The molecule has 0 atom stereocenters. The molecule has 1 aromatic rings. The van der Waals surface area contributed by atoms with Crippen LogP contribution in [0.1, 0.15) is 5.56 Å². The molecule has 0 radical (unpaired) electrons. The standard InChI is InChI=1S/C17H12N2/c1-2-4-16-14(3-1)15-7-5-13-11-18-10-9-12(13)6-8-17(15)19-16/h1-10H,11H2/b8-6-,13-5-,15-7-. The van der Waals surface area contributed by atoms with Gasteiger partial charge in [0.15, 0.2) is 0 Å². The van der Waals surface area contributed by atoms with Crippen molar-refractivity contribution in [1.29, 1.82) is 0 Å². The van der Waals surface area contributed by atoms with Crippen LogP contribution in [0, 0.1) is 0 Å². The van der Waals surface area contributed by atoms with Crippen molar-refractivity contribution < 1.29 is 0 Å². The Hall–Kier alpha value is -2.48. The van der Waals surface area contributed by atoms with Crippen molar-refractivity contribution in [2.24, 2.45) is 9.98 Å². The Morgan fingerprint density at radius 2 is 1.89 bits per heavy atom. The molecule has 1 aromatic carbocycles. The molecule has 90 valence electrons. The van der Waals surface area contributed by atoms with E-state index in [0.29, 0.717) is 0 Å². The lowest BCUT2D eigenvalue weighted by Crippen LogP contribution is -2.02. The predicted molar refractivity (Wildman–Crippen MR) is 80.2 cm³/mol. The van der Waals surface area contributed by atoms with Gasteiger partial charge in [-0.3, -0.25) is 4.99 Å². The Morgan fingerprint density at radius 3 is 2.89 bits per heavy atom. The van der Waals surface area contributed by atoms with Crippen molar-refractivity contribution in [1.82, 2.24) is 0 Å². The van der Waals surface area contributed by atoms with E-state index in [1.54, 1.807) is 0 Å². The number of dihydropyridines is 1. The lowest BCUT2D eigenvalue weighted by molar-refractivity contribution is 1.15. The third-order valence-electron chi connectivity index (χ3n) is 3.57. The number of fused-ring (bicyclic) bond motifs is 4. The van der Waals surface area contributed by atoms with Gasteiger partial charge in [-0.25, -0.2) is 4.99 Å². The smallest absolute Gasteiger partial charge is 0.0716 e. The molecule has 0 aromatic heterocycles. The van der Waals surface area contributed by atoms with Crippen LogP contribution in [0.15, 0.2) is 75.8 Å². The highest BCUT2D eigenvalue weighted by molar-refractivity contribution is 6.34. The maximum Gasteiger partial charge on any atom is 0.0716 e. The van der Waals surface area contributed by atoms with Crippen LogP contribution in [0.2, 0.25) is 0 Å². The average molecular weight is 244 g/mol. The van der Waals surface area contributed by atoms with Crippen LogP contribution in [-0.4, -0.2) is 18.5 Å². The van der Waals surface area contributed by atoms with Crippen LogP contribution in [0.3, 0.4) is 0 Å². The topological polar surface area (TPSA) is 24.7 Å². The Labute approximate surface area is 111 Å². The summed E-state index contributed by atoms with van der Waals surface area (Å²) in [6.45, 7) is 0.758. The third-order valence-corrected chi connectivity index (χ3v) is 3.57. The highest BCUT2D eigenvalue weighted by atomic mass is 14.8. The molecule has 0 N–H and O–H groups in total. The second-order valence-corrected chi connectivity index (χ2v) is 4.73. The van der Waals surface area contributed by atoms with Gasteiger partial charge in [-0.15, -0.1) is 0 Å². The molecule has 0 bridgehead atoms. The van der Waals surface area contributed by atoms with Crippen LogP contribution in [0.5, 0.6) is 0 Å². The number of hydrogen-bond donors (Lipinski definition) is 0. The van der Waals surface area contributed by atoms with Gasteiger partial charge in [0.05, 0.1) is 17.9 Å². The molecule has 19 heavy (non-hydrogen) atoms. The molecule has 3 aliphatic rings. The Morgan fingerprint density at radius 1 is 0.947 bits per heavy atom. The lowest BCUT2D eigenvalue weighted by Gasteiger charge is -2.11.